The largest absolute Gasteiger partial charge is 0.304 e. The maximum atomic E-state index is 8.74. The van der Waals surface area contributed by atoms with Crippen molar-refractivity contribution in [2.75, 3.05) is 39.8 Å². The van der Waals surface area contributed by atoms with Crippen LogP contribution in [0, 0.1) is 17.8 Å². The smallest absolute Gasteiger partial charge is 0.0991 e. The van der Waals surface area contributed by atoms with Gasteiger partial charge < -0.3 is 9.80 Å². The first-order valence-electron chi connectivity index (χ1n) is 6.99. The Hall–Kier alpha value is -1.37. The van der Waals surface area contributed by atoms with Crippen LogP contribution in [0.25, 0.3) is 0 Å². The quantitative estimate of drug-likeness (QED) is 0.754. The number of nitriles is 1. The van der Waals surface area contributed by atoms with Crippen LogP contribution in [0.4, 0.5) is 0 Å². The van der Waals surface area contributed by atoms with Gasteiger partial charge in [0.2, 0.25) is 0 Å². The van der Waals surface area contributed by atoms with E-state index < -0.39 is 0 Å². The summed E-state index contributed by atoms with van der Waals surface area (Å²) in [7, 11) is 2.19. The van der Waals surface area contributed by atoms with Gasteiger partial charge in [0.05, 0.1) is 11.6 Å². The number of unbranched alkanes of at least 4 members (excludes halogenated alkanes) is 1. The zero-order chi connectivity index (χ0) is 13.5. The van der Waals surface area contributed by atoms with E-state index in [1.54, 1.807) is 0 Å². The molecule has 3 nitrogen and oxygen atoms in total. The lowest BCUT2D eigenvalue weighted by Gasteiger charge is -2.32. The van der Waals surface area contributed by atoms with Gasteiger partial charge in [0.1, 0.15) is 0 Å². The van der Waals surface area contributed by atoms with Crippen molar-refractivity contribution in [3.63, 3.8) is 0 Å². The van der Waals surface area contributed by atoms with E-state index in [9.17, 15) is 0 Å². The predicted octanol–water partition coefficient (Wildman–Crippen LogP) is 1.94. The molecule has 1 heterocycles. The molecule has 19 heavy (non-hydrogen) atoms. The lowest BCUT2D eigenvalue weighted by Crippen LogP contribution is -2.44. The van der Waals surface area contributed by atoms with Crippen molar-refractivity contribution in [3.05, 3.63) is 41.8 Å². The van der Waals surface area contributed by atoms with Crippen LogP contribution in [0.3, 0.4) is 0 Å². The van der Waals surface area contributed by atoms with Crippen LogP contribution in [-0.2, 0) is 6.42 Å². The molecule has 0 bridgehead atoms. The molecule has 0 unspecified atom stereocenters. The molecule has 1 aliphatic rings. The van der Waals surface area contributed by atoms with E-state index in [0.29, 0.717) is 0 Å². The van der Waals surface area contributed by atoms with Gasteiger partial charge in [-0.25, -0.2) is 0 Å². The van der Waals surface area contributed by atoms with Gasteiger partial charge in [-0.1, -0.05) is 12.1 Å². The summed E-state index contributed by atoms with van der Waals surface area (Å²) in [5, 5.41) is 8.74. The summed E-state index contributed by atoms with van der Waals surface area (Å²) in [6, 6.07) is 10.0. The average molecular weight is 256 g/mol. The fourth-order valence-corrected chi connectivity index (χ4v) is 2.33. The van der Waals surface area contributed by atoms with Crippen LogP contribution in [0.1, 0.15) is 17.5 Å². The fourth-order valence-electron chi connectivity index (χ4n) is 2.33. The maximum Gasteiger partial charge on any atom is 0.0991 e. The molecule has 1 radical (unpaired) electrons. The minimum Gasteiger partial charge on any atom is -0.304 e. The van der Waals surface area contributed by atoms with Crippen LogP contribution in [0.15, 0.2) is 24.3 Å². The average Bonchev–Trinajstić information content (AvgIpc) is 2.46. The highest BCUT2D eigenvalue weighted by Crippen LogP contribution is 2.08. The molecule has 0 spiro atoms. The molecule has 2 rings (SSSR count). The summed E-state index contributed by atoms with van der Waals surface area (Å²) in [5.74, 6) is 0. The molecule has 1 aromatic rings. The number of hydrogen-bond donors (Lipinski definition) is 0. The highest BCUT2D eigenvalue weighted by Gasteiger charge is 2.12. The molecule has 1 fully saturated rings. The lowest BCUT2D eigenvalue weighted by molar-refractivity contribution is 0.155. The minimum atomic E-state index is 0.737. The van der Waals surface area contributed by atoms with Gasteiger partial charge in [0.25, 0.3) is 0 Å². The minimum absolute atomic E-state index is 0.737. The Bertz CT molecular complexity index is 411. The molecule has 0 atom stereocenters. The maximum absolute atomic E-state index is 8.74. The Morgan fingerprint density at radius 2 is 1.84 bits per heavy atom. The number of benzene rings is 1. The zero-order valence-electron chi connectivity index (χ0n) is 11.7. The van der Waals surface area contributed by atoms with Crippen molar-refractivity contribution in [1.29, 1.82) is 5.26 Å². The number of nitrogens with zero attached hydrogens (tertiary/aromatic N) is 3. The van der Waals surface area contributed by atoms with Crippen LogP contribution >= 0.6 is 0 Å². The summed E-state index contributed by atoms with van der Waals surface area (Å²) >= 11 is 0. The topological polar surface area (TPSA) is 30.3 Å². The van der Waals surface area contributed by atoms with E-state index in [1.807, 2.05) is 24.3 Å². The monoisotopic (exact) mass is 256 g/mol. The normalized spacial score (nSPS) is 17.3. The molecule has 0 aliphatic carbocycles. The third-order valence-corrected chi connectivity index (χ3v) is 3.71. The molecular weight excluding hydrogens is 234 g/mol. The van der Waals surface area contributed by atoms with Crippen molar-refractivity contribution in [1.82, 2.24) is 9.80 Å². The SMILES string of the molecule is CN1CCN(CC[CH]Cc2ccc(C#N)cc2)CC1. The number of likely N-dealkylation sites (N-methyl/N-ethyl adjacent to an activating group) is 1. The Morgan fingerprint density at radius 1 is 1.16 bits per heavy atom. The van der Waals surface area contributed by atoms with Crippen LogP contribution in [-0.4, -0.2) is 49.6 Å². The molecule has 1 aromatic carbocycles. The molecule has 0 saturated carbocycles. The van der Waals surface area contributed by atoms with Gasteiger partial charge in [0.15, 0.2) is 0 Å². The van der Waals surface area contributed by atoms with Gasteiger partial charge in [-0.05, 0) is 50.6 Å². The Kier molecular flexibility index (Phi) is 5.38. The summed E-state index contributed by atoms with van der Waals surface area (Å²) in [6.45, 7) is 5.94. The molecule has 101 valence electrons. The van der Waals surface area contributed by atoms with E-state index in [2.05, 4.69) is 29.3 Å². The van der Waals surface area contributed by atoms with Gasteiger partial charge in [-0.3, -0.25) is 0 Å². The van der Waals surface area contributed by atoms with Crippen LogP contribution < -0.4 is 0 Å². The van der Waals surface area contributed by atoms with Gasteiger partial charge in [0, 0.05) is 26.2 Å². The summed E-state index contributed by atoms with van der Waals surface area (Å²) in [4.78, 5) is 4.92. The molecule has 1 saturated heterocycles. The molecular formula is C16H22N3. The lowest BCUT2D eigenvalue weighted by atomic mass is 10.1. The third-order valence-electron chi connectivity index (χ3n) is 3.71. The van der Waals surface area contributed by atoms with E-state index in [4.69, 9.17) is 5.26 Å². The second-order valence-corrected chi connectivity index (χ2v) is 5.24. The van der Waals surface area contributed by atoms with E-state index >= 15 is 0 Å². The van der Waals surface area contributed by atoms with E-state index in [0.717, 1.165) is 18.4 Å². The van der Waals surface area contributed by atoms with Crippen molar-refractivity contribution >= 4 is 0 Å². The van der Waals surface area contributed by atoms with Crippen molar-refractivity contribution in [3.8, 4) is 6.07 Å². The van der Waals surface area contributed by atoms with Crippen molar-refractivity contribution < 1.29 is 0 Å². The van der Waals surface area contributed by atoms with Crippen LogP contribution in [0.5, 0.6) is 0 Å². The number of piperazine rings is 1. The van der Waals surface area contributed by atoms with Gasteiger partial charge >= 0.3 is 0 Å². The second-order valence-electron chi connectivity index (χ2n) is 5.24. The summed E-state index contributed by atoms with van der Waals surface area (Å²) in [6.07, 6.45) is 4.49. The first-order valence-corrected chi connectivity index (χ1v) is 6.99. The Morgan fingerprint density at radius 3 is 2.47 bits per heavy atom. The molecule has 3 heteroatoms. The molecule has 0 N–H and O–H groups in total. The Labute approximate surface area is 116 Å². The highest BCUT2D eigenvalue weighted by molar-refractivity contribution is 5.32. The third kappa shape index (κ3) is 4.66. The molecule has 0 amide bonds. The standard InChI is InChI=1S/C16H22N3/c1-18-10-12-19(13-11-18)9-3-2-4-15-5-7-16(14-17)8-6-15/h2,5-8H,3-4,9-13H2,1H3. The number of rotatable bonds is 5. The van der Waals surface area contributed by atoms with Gasteiger partial charge in [-0.15, -0.1) is 0 Å². The number of hydrogen-bond acceptors (Lipinski definition) is 3. The zero-order valence-corrected chi connectivity index (χ0v) is 11.7. The van der Waals surface area contributed by atoms with Crippen molar-refractivity contribution in [2.24, 2.45) is 0 Å². The summed E-state index contributed by atoms with van der Waals surface area (Å²) < 4.78 is 0. The van der Waals surface area contributed by atoms with Crippen molar-refractivity contribution in [2.45, 2.75) is 12.8 Å². The van der Waals surface area contributed by atoms with E-state index in [1.165, 1.54) is 38.3 Å². The summed E-state index contributed by atoms with van der Waals surface area (Å²) in [5.41, 5.74) is 2.03. The van der Waals surface area contributed by atoms with E-state index in [-0.39, 0.29) is 0 Å². The predicted molar refractivity (Wildman–Crippen MR) is 77.7 cm³/mol. The first kappa shape index (κ1) is 14.0. The Balaban J connectivity index is 1.62. The second kappa shape index (κ2) is 7.28. The fraction of sp³-hybridized carbons (Fsp3) is 0.500. The van der Waals surface area contributed by atoms with Crippen LogP contribution in [0.2, 0.25) is 0 Å². The van der Waals surface area contributed by atoms with Gasteiger partial charge in [-0.2, -0.15) is 5.26 Å². The first-order chi connectivity index (χ1) is 9.28. The highest BCUT2D eigenvalue weighted by atomic mass is 15.2. The molecule has 0 aromatic heterocycles. The molecule has 1 aliphatic heterocycles.